The Morgan fingerprint density at radius 1 is 0.846 bits per heavy atom. The van der Waals surface area contributed by atoms with E-state index in [0.29, 0.717) is 13.0 Å². The predicted molar refractivity (Wildman–Crippen MR) is 108 cm³/mol. The Morgan fingerprint density at radius 2 is 1.42 bits per heavy atom. The third-order valence-electron chi connectivity index (χ3n) is 4.54. The van der Waals surface area contributed by atoms with Crippen LogP contribution in [0.4, 0.5) is 4.39 Å². The van der Waals surface area contributed by atoms with Crippen molar-refractivity contribution in [1.82, 2.24) is 9.80 Å². The van der Waals surface area contributed by atoms with Gasteiger partial charge < -0.3 is 4.90 Å². The van der Waals surface area contributed by atoms with Gasteiger partial charge in [0, 0.05) is 45.7 Å². The first-order valence-corrected chi connectivity index (χ1v) is 8.49. The van der Waals surface area contributed by atoms with Crippen LogP contribution in [0.3, 0.4) is 0 Å². The summed E-state index contributed by atoms with van der Waals surface area (Å²) in [5.41, 5.74) is 1.54. The lowest BCUT2D eigenvalue weighted by Gasteiger charge is -2.34. The molecule has 0 atom stereocenters. The number of hydrogen-bond acceptors (Lipinski definition) is 3. The molecular formula is C20H25Cl2FN2O. The van der Waals surface area contributed by atoms with Crippen LogP contribution in [0.2, 0.25) is 0 Å². The van der Waals surface area contributed by atoms with Crippen LogP contribution in [-0.2, 0) is 6.54 Å². The van der Waals surface area contributed by atoms with Gasteiger partial charge in [0.2, 0.25) is 0 Å². The van der Waals surface area contributed by atoms with Gasteiger partial charge in [0.1, 0.15) is 5.82 Å². The van der Waals surface area contributed by atoms with E-state index in [0.717, 1.165) is 32.7 Å². The fourth-order valence-electron chi connectivity index (χ4n) is 3.09. The van der Waals surface area contributed by atoms with E-state index in [2.05, 4.69) is 34.1 Å². The number of piperazine rings is 1. The maximum Gasteiger partial charge on any atom is 0.167 e. The molecule has 0 N–H and O–H groups in total. The van der Waals surface area contributed by atoms with Crippen LogP contribution < -0.4 is 0 Å². The summed E-state index contributed by atoms with van der Waals surface area (Å²) in [5.74, 6) is -0.532. The zero-order chi connectivity index (χ0) is 16.8. The molecule has 0 radical (unpaired) electrons. The SMILES string of the molecule is Cl.Cl.O=C(CCN1CCN(Cc2ccccc2)CC1)c1ccccc1F. The van der Waals surface area contributed by atoms with Gasteiger partial charge in [0.25, 0.3) is 0 Å². The molecule has 2 aromatic rings. The van der Waals surface area contributed by atoms with Crippen LogP contribution >= 0.6 is 24.8 Å². The number of Topliss-reactive ketones (excluding diaryl/α,β-unsaturated/α-hetero) is 1. The molecule has 0 aliphatic carbocycles. The van der Waals surface area contributed by atoms with Crippen LogP contribution in [0.1, 0.15) is 22.3 Å². The number of ketones is 1. The summed E-state index contributed by atoms with van der Waals surface area (Å²) in [7, 11) is 0. The van der Waals surface area contributed by atoms with Crippen molar-refractivity contribution in [3.63, 3.8) is 0 Å². The first-order chi connectivity index (χ1) is 11.7. The Bertz CT molecular complexity index is 677. The number of halogens is 3. The third-order valence-corrected chi connectivity index (χ3v) is 4.54. The largest absolute Gasteiger partial charge is 0.300 e. The van der Waals surface area contributed by atoms with E-state index in [1.807, 2.05) is 6.07 Å². The van der Waals surface area contributed by atoms with E-state index in [1.165, 1.54) is 11.6 Å². The Morgan fingerprint density at radius 3 is 2.08 bits per heavy atom. The minimum atomic E-state index is -0.421. The van der Waals surface area contributed by atoms with Crippen LogP contribution in [0.15, 0.2) is 54.6 Å². The molecule has 3 nitrogen and oxygen atoms in total. The van der Waals surface area contributed by atoms with Gasteiger partial charge in [-0.15, -0.1) is 24.8 Å². The monoisotopic (exact) mass is 398 g/mol. The summed E-state index contributed by atoms with van der Waals surface area (Å²) >= 11 is 0. The van der Waals surface area contributed by atoms with E-state index in [4.69, 9.17) is 0 Å². The van der Waals surface area contributed by atoms with Gasteiger partial charge in [-0.25, -0.2) is 4.39 Å². The van der Waals surface area contributed by atoms with Crippen molar-refractivity contribution < 1.29 is 9.18 Å². The third kappa shape index (κ3) is 6.36. The number of benzene rings is 2. The number of hydrogen-bond donors (Lipinski definition) is 0. The quantitative estimate of drug-likeness (QED) is 0.685. The average Bonchev–Trinajstić information content (AvgIpc) is 2.62. The van der Waals surface area contributed by atoms with Crippen LogP contribution in [0.5, 0.6) is 0 Å². The second kappa shape index (κ2) is 11.3. The lowest BCUT2D eigenvalue weighted by atomic mass is 10.1. The summed E-state index contributed by atoms with van der Waals surface area (Å²) in [6.07, 6.45) is 0.375. The second-order valence-corrected chi connectivity index (χ2v) is 6.26. The van der Waals surface area contributed by atoms with E-state index >= 15 is 0 Å². The smallest absolute Gasteiger partial charge is 0.167 e. The van der Waals surface area contributed by atoms with Crippen molar-refractivity contribution in [2.24, 2.45) is 0 Å². The Labute approximate surface area is 167 Å². The molecule has 0 amide bonds. The molecule has 0 spiro atoms. The van der Waals surface area contributed by atoms with Gasteiger partial charge in [0.15, 0.2) is 5.78 Å². The molecule has 1 aliphatic rings. The van der Waals surface area contributed by atoms with Crippen LogP contribution in [-0.4, -0.2) is 48.3 Å². The van der Waals surface area contributed by atoms with E-state index in [-0.39, 0.29) is 36.2 Å². The van der Waals surface area contributed by atoms with Crippen molar-refractivity contribution in [3.8, 4) is 0 Å². The zero-order valence-electron chi connectivity index (χ0n) is 14.6. The fourth-order valence-corrected chi connectivity index (χ4v) is 3.09. The van der Waals surface area contributed by atoms with E-state index < -0.39 is 5.82 Å². The van der Waals surface area contributed by atoms with E-state index in [1.54, 1.807) is 18.2 Å². The highest BCUT2D eigenvalue weighted by molar-refractivity contribution is 5.96. The van der Waals surface area contributed by atoms with Crippen molar-refractivity contribution >= 4 is 30.6 Å². The number of rotatable bonds is 6. The maximum atomic E-state index is 13.6. The molecule has 1 fully saturated rings. The summed E-state index contributed by atoms with van der Waals surface area (Å²) in [5, 5.41) is 0. The number of carbonyl (C=O) groups excluding carboxylic acids is 1. The van der Waals surface area contributed by atoms with Crippen molar-refractivity contribution in [1.29, 1.82) is 0 Å². The molecule has 26 heavy (non-hydrogen) atoms. The average molecular weight is 399 g/mol. The minimum Gasteiger partial charge on any atom is -0.300 e. The molecule has 0 unspecified atom stereocenters. The Kier molecular flexibility index (Phi) is 9.81. The Balaban J connectivity index is 0.00000169. The van der Waals surface area contributed by atoms with Gasteiger partial charge in [-0.1, -0.05) is 42.5 Å². The highest BCUT2D eigenvalue weighted by Gasteiger charge is 2.18. The number of nitrogens with zero attached hydrogens (tertiary/aromatic N) is 2. The standard InChI is InChI=1S/C20H23FN2O.2ClH/c21-19-9-5-4-8-18(19)20(24)10-11-22-12-14-23(15-13-22)16-17-6-2-1-3-7-17;;/h1-9H,10-16H2;2*1H. The predicted octanol–water partition coefficient (Wildman–Crippen LogP) is 4.06. The molecule has 1 saturated heterocycles. The van der Waals surface area contributed by atoms with Crippen molar-refractivity contribution in [3.05, 3.63) is 71.5 Å². The van der Waals surface area contributed by atoms with Gasteiger partial charge in [-0.2, -0.15) is 0 Å². The van der Waals surface area contributed by atoms with Gasteiger partial charge in [-0.3, -0.25) is 9.69 Å². The molecule has 6 heteroatoms. The van der Waals surface area contributed by atoms with Crippen molar-refractivity contribution in [2.75, 3.05) is 32.7 Å². The summed E-state index contributed by atoms with van der Waals surface area (Å²) in [4.78, 5) is 16.9. The Hall–Kier alpha value is -1.46. The molecule has 0 aromatic heterocycles. The molecule has 1 aliphatic heterocycles. The van der Waals surface area contributed by atoms with Crippen LogP contribution in [0, 0.1) is 5.82 Å². The highest BCUT2D eigenvalue weighted by Crippen LogP contribution is 2.12. The topological polar surface area (TPSA) is 23.6 Å². The first kappa shape index (κ1) is 22.6. The summed E-state index contributed by atoms with van der Waals surface area (Å²) in [6.45, 7) is 5.59. The molecule has 142 valence electrons. The normalized spacial score (nSPS) is 15.0. The molecule has 3 rings (SSSR count). The zero-order valence-corrected chi connectivity index (χ0v) is 16.3. The minimum absolute atomic E-state index is 0. The lowest BCUT2D eigenvalue weighted by molar-refractivity contribution is 0.0919. The van der Waals surface area contributed by atoms with Gasteiger partial charge in [-0.05, 0) is 17.7 Å². The highest BCUT2D eigenvalue weighted by atomic mass is 35.5. The molecule has 2 aromatic carbocycles. The van der Waals surface area contributed by atoms with Crippen molar-refractivity contribution in [2.45, 2.75) is 13.0 Å². The molecule has 0 saturated carbocycles. The molecule has 0 bridgehead atoms. The number of carbonyl (C=O) groups is 1. The second-order valence-electron chi connectivity index (χ2n) is 6.26. The molecular weight excluding hydrogens is 374 g/mol. The molecule has 1 heterocycles. The summed E-state index contributed by atoms with van der Waals surface area (Å²) < 4.78 is 13.6. The maximum absolute atomic E-state index is 13.6. The van der Waals surface area contributed by atoms with Gasteiger partial charge in [0.05, 0.1) is 5.56 Å². The summed E-state index contributed by atoms with van der Waals surface area (Å²) in [6, 6.07) is 16.7. The lowest BCUT2D eigenvalue weighted by Crippen LogP contribution is -2.46. The fraction of sp³-hybridized carbons (Fsp3) is 0.350. The first-order valence-electron chi connectivity index (χ1n) is 8.49. The van der Waals surface area contributed by atoms with Gasteiger partial charge >= 0.3 is 0 Å². The van der Waals surface area contributed by atoms with Crippen LogP contribution in [0.25, 0.3) is 0 Å². The van der Waals surface area contributed by atoms with E-state index in [9.17, 15) is 9.18 Å².